The molecule has 3 atom stereocenters. The first-order valence-corrected chi connectivity index (χ1v) is 6.45. The average molecular weight is 215 g/mol. The molecule has 1 N–H and O–H groups in total. The first-order valence-electron chi connectivity index (χ1n) is 6.45. The van der Waals surface area contributed by atoms with Gasteiger partial charge in [-0.05, 0) is 25.3 Å². The summed E-state index contributed by atoms with van der Waals surface area (Å²) in [6, 6.07) is 0.520. The number of likely N-dealkylation sites (N-methyl/N-ethyl adjacent to an activating group) is 1. The van der Waals surface area contributed by atoms with Crippen molar-refractivity contribution in [3.63, 3.8) is 0 Å². The van der Waals surface area contributed by atoms with E-state index < -0.39 is 0 Å². The Morgan fingerprint density at radius 2 is 1.87 bits per heavy atom. The Balaban J connectivity index is 4.11. The monoisotopic (exact) mass is 215 g/mol. The second kappa shape index (κ2) is 9.17. The molecule has 92 valence electrons. The van der Waals surface area contributed by atoms with E-state index in [-0.39, 0.29) is 0 Å². The highest BCUT2D eigenvalue weighted by atomic mass is 16.5. The number of methoxy groups -OCH3 is 1. The van der Waals surface area contributed by atoms with E-state index in [9.17, 15) is 0 Å². The molecule has 0 saturated heterocycles. The lowest BCUT2D eigenvalue weighted by Gasteiger charge is -2.28. The molecular formula is C13H29NO. The Labute approximate surface area is 95.8 Å². The van der Waals surface area contributed by atoms with E-state index in [0.717, 1.165) is 18.9 Å². The van der Waals surface area contributed by atoms with Crippen LogP contribution in [0.5, 0.6) is 0 Å². The topological polar surface area (TPSA) is 21.3 Å². The molecule has 2 nitrogen and oxygen atoms in total. The van der Waals surface area contributed by atoms with Crippen LogP contribution in [0.4, 0.5) is 0 Å². The molecule has 0 bridgehead atoms. The molecule has 15 heavy (non-hydrogen) atoms. The van der Waals surface area contributed by atoms with Gasteiger partial charge in [0.25, 0.3) is 0 Å². The zero-order chi connectivity index (χ0) is 11.7. The number of ether oxygens (including phenoxy) is 1. The zero-order valence-electron chi connectivity index (χ0n) is 11.2. The summed E-state index contributed by atoms with van der Waals surface area (Å²) in [5, 5.41) is 3.55. The maximum Gasteiger partial charge on any atom is 0.0721 e. The van der Waals surface area contributed by atoms with E-state index in [4.69, 9.17) is 4.74 Å². The fourth-order valence-corrected chi connectivity index (χ4v) is 2.29. The molecule has 0 radical (unpaired) electrons. The summed E-state index contributed by atoms with van der Waals surface area (Å²) in [5.41, 5.74) is 0. The summed E-state index contributed by atoms with van der Waals surface area (Å²) >= 11 is 0. The van der Waals surface area contributed by atoms with Crippen molar-refractivity contribution >= 4 is 0 Å². The van der Waals surface area contributed by atoms with Gasteiger partial charge in [0.2, 0.25) is 0 Å². The van der Waals surface area contributed by atoms with Gasteiger partial charge in [0, 0.05) is 13.2 Å². The van der Waals surface area contributed by atoms with E-state index >= 15 is 0 Å². The van der Waals surface area contributed by atoms with Crippen molar-refractivity contribution in [3.05, 3.63) is 0 Å². The van der Waals surface area contributed by atoms with Crippen molar-refractivity contribution < 1.29 is 4.74 Å². The summed E-state index contributed by atoms with van der Waals surface area (Å²) in [5.74, 6) is 0.795. The largest absolute Gasteiger partial charge is 0.380 e. The molecule has 0 spiro atoms. The van der Waals surface area contributed by atoms with Gasteiger partial charge in [-0.2, -0.15) is 0 Å². The third-order valence-corrected chi connectivity index (χ3v) is 3.06. The molecule has 0 aliphatic rings. The predicted molar refractivity (Wildman–Crippen MR) is 67.2 cm³/mol. The molecule has 0 rings (SSSR count). The molecule has 0 saturated carbocycles. The molecule has 2 heteroatoms. The van der Waals surface area contributed by atoms with Crippen LogP contribution in [0.25, 0.3) is 0 Å². The second-order valence-electron chi connectivity index (χ2n) is 4.48. The maximum atomic E-state index is 5.53. The zero-order valence-corrected chi connectivity index (χ0v) is 11.2. The van der Waals surface area contributed by atoms with E-state index in [1.165, 1.54) is 19.3 Å². The minimum atomic E-state index is 0.365. The van der Waals surface area contributed by atoms with Crippen LogP contribution in [0.15, 0.2) is 0 Å². The van der Waals surface area contributed by atoms with Crippen LogP contribution in [0.2, 0.25) is 0 Å². The van der Waals surface area contributed by atoms with Gasteiger partial charge >= 0.3 is 0 Å². The van der Waals surface area contributed by atoms with Crippen LogP contribution < -0.4 is 5.32 Å². The summed E-state index contributed by atoms with van der Waals surface area (Å²) in [7, 11) is 1.82. The summed E-state index contributed by atoms with van der Waals surface area (Å²) in [6.45, 7) is 9.99. The number of hydrogen-bond acceptors (Lipinski definition) is 2. The third kappa shape index (κ3) is 6.16. The van der Waals surface area contributed by atoms with Gasteiger partial charge < -0.3 is 10.1 Å². The van der Waals surface area contributed by atoms with Gasteiger partial charge in [0.1, 0.15) is 0 Å². The van der Waals surface area contributed by atoms with Crippen molar-refractivity contribution in [1.82, 2.24) is 5.32 Å². The van der Waals surface area contributed by atoms with Gasteiger partial charge in [-0.3, -0.25) is 0 Å². The Kier molecular flexibility index (Phi) is 9.12. The van der Waals surface area contributed by atoms with Crippen molar-refractivity contribution in [2.45, 2.75) is 65.5 Å². The Morgan fingerprint density at radius 1 is 1.20 bits per heavy atom. The Morgan fingerprint density at radius 3 is 2.27 bits per heavy atom. The molecule has 0 amide bonds. The number of hydrogen-bond donors (Lipinski definition) is 1. The summed E-state index contributed by atoms with van der Waals surface area (Å²) < 4.78 is 5.53. The van der Waals surface area contributed by atoms with Crippen LogP contribution in [-0.2, 0) is 4.74 Å². The van der Waals surface area contributed by atoms with Crippen molar-refractivity contribution in [2.75, 3.05) is 13.7 Å². The van der Waals surface area contributed by atoms with Crippen LogP contribution in [0.1, 0.15) is 53.4 Å². The fourth-order valence-electron chi connectivity index (χ4n) is 2.29. The maximum absolute atomic E-state index is 5.53. The van der Waals surface area contributed by atoms with Crippen molar-refractivity contribution in [3.8, 4) is 0 Å². The minimum absolute atomic E-state index is 0.365. The van der Waals surface area contributed by atoms with Crippen molar-refractivity contribution in [1.29, 1.82) is 0 Å². The summed E-state index contributed by atoms with van der Waals surface area (Å²) in [4.78, 5) is 0. The molecule has 0 aromatic heterocycles. The van der Waals surface area contributed by atoms with E-state index in [1.54, 1.807) is 0 Å². The first-order chi connectivity index (χ1) is 7.19. The SMILES string of the molecule is CCCC(C)CC(NCC)C(CC)OC. The molecule has 0 aliphatic heterocycles. The predicted octanol–water partition coefficient (Wildman–Crippen LogP) is 3.22. The van der Waals surface area contributed by atoms with Crippen LogP contribution in [0.3, 0.4) is 0 Å². The van der Waals surface area contributed by atoms with Gasteiger partial charge in [0.05, 0.1) is 6.10 Å². The number of rotatable bonds is 9. The lowest BCUT2D eigenvalue weighted by atomic mass is 9.93. The van der Waals surface area contributed by atoms with Crippen LogP contribution in [-0.4, -0.2) is 25.8 Å². The van der Waals surface area contributed by atoms with Crippen molar-refractivity contribution in [2.24, 2.45) is 5.92 Å². The second-order valence-corrected chi connectivity index (χ2v) is 4.48. The highest BCUT2D eigenvalue weighted by Gasteiger charge is 2.20. The Hall–Kier alpha value is -0.0800. The highest BCUT2D eigenvalue weighted by molar-refractivity contribution is 4.77. The molecule has 0 aliphatic carbocycles. The molecule has 0 heterocycles. The van der Waals surface area contributed by atoms with Crippen LogP contribution in [0, 0.1) is 5.92 Å². The lowest BCUT2D eigenvalue weighted by molar-refractivity contribution is 0.0576. The van der Waals surface area contributed by atoms with E-state index in [0.29, 0.717) is 12.1 Å². The van der Waals surface area contributed by atoms with E-state index in [2.05, 4.69) is 33.0 Å². The van der Waals surface area contributed by atoms with Gasteiger partial charge in [0.15, 0.2) is 0 Å². The normalized spacial score (nSPS) is 17.4. The fraction of sp³-hybridized carbons (Fsp3) is 1.00. The number of nitrogens with one attached hydrogen (secondary N) is 1. The quantitative estimate of drug-likeness (QED) is 0.637. The minimum Gasteiger partial charge on any atom is -0.380 e. The van der Waals surface area contributed by atoms with Crippen LogP contribution >= 0.6 is 0 Å². The van der Waals surface area contributed by atoms with E-state index in [1.807, 2.05) is 7.11 Å². The highest BCUT2D eigenvalue weighted by Crippen LogP contribution is 2.17. The molecule has 0 fully saturated rings. The smallest absolute Gasteiger partial charge is 0.0721 e. The van der Waals surface area contributed by atoms with Gasteiger partial charge in [-0.25, -0.2) is 0 Å². The third-order valence-electron chi connectivity index (χ3n) is 3.06. The first kappa shape index (κ1) is 14.9. The summed E-state index contributed by atoms with van der Waals surface area (Å²) in [6.07, 6.45) is 5.29. The molecule has 3 unspecified atom stereocenters. The lowest BCUT2D eigenvalue weighted by Crippen LogP contribution is -2.41. The average Bonchev–Trinajstić information content (AvgIpc) is 2.20. The van der Waals surface area contributed by atoms with Gasteiger partial charge in [-0.1, -0.05) is 40.5 Å². The standard InChI is InChI=1S/C13H29NO/c1-6-9-11(4)10-12(14-8-3)13(7-2)15-5/h11-14H,6-10H2,1-5H3. The molecular weight excluding hydrogens is 186 g/mol. The van der Waals surface area contributed by atoms with Gasteiger partial charge in [-0.15, -0.1) is 0 Å². The Bertz CT molecular complexity index is 134. The molecule has 0 aromatic carbocycles. The molecule has 0 aromatic rings.